The molecule has 6 heteroatoms. The average Bonchev–Trinajstić information content (AvgIpc) is 3.08. The van der Waals surface area contributed by atoms with Gasteiger partial charge in [-0.05, 0) is 43.4 Å². The number of rotatable bonds is 3. The lowest BCUT2D eigenvalue weighted by Crippen LogP contribution is -2.55. The summed E-state index contributed by atoms with van der Waals surface area (Å²) in [4.78, 5) is 17.7. The zero-order valence-corrected chi connectivity index (χ0v) is 20.1. The number of esters is 1. The van der Waals surface area contributed by atoms with Crippen LogP contribution in [0.4, 0.5) is 5.69 Å². The fraction of sp³-hybridized carbons (Fsp3) is 0.654. The number of aliphatic hydroxyl groups is 1. The molecule has 5 nitrogen and oxygen atoms in total. The van der Waals surface area contributed by atoms with Gasteiger partial charge in [0.15, 0.2) is 0 Å². The normalized spacial score (nSPS) is 37.5. The number of carbonyl (C=O) groups excluding carboxylic acids is 1. The maximum Gasteiger partial charge on any atom is 0.311 e. The summed E-state index contributed by atoms with van der Waals surface area (Å²) in [5.41, 5.74) is 3.48. The highest BCUT2D eigenvalue weighted by molar-refractivity contribution is 6.30. The molecule has 0 radical (unpaired) electrons. The van der Waals surface area contributed by atoms with Crippen molar-refractivity contribution in [2.24, 2.45) is 23.2 Å². The Labute approximate surface area is 196 Å². The number of ether oxygens (including phenoxy) is 1. The summed E-state index contributed by atoms with van der Waals surface area (Å²) in [6.45, 7) is 10.8. The molecule has 1 saturated carbocycles. The van der Waals surface area contributed by atoms with Crippen LogP contribution in [-0.4, -0.2) is 60.9 Å². The number of fused-ring (bicyclic) bond motifs is 2. The second-order valence-corrected chi connectivity index (χ2v) is 11.0. The number of halogens is 1. The third-order valence-electron chi connectivity index (χ3n) is 8.91. The fourth-order valence-corrected chi connectivity index (χ4v) is 6.81. The van der Waals surface area contributed by atoms with Crippen LogP contribution in [0.15, 0.2) is 29.8 Å². The molecule has 3 fully saturated rings. The van der Waals surface area contributed by atoms with Gasteiger partial charge < -0.3 is 14.7 Å². The second-order valence-electron chi connectivity index (χ2n) is 10.5. The summed E-state index contributed by atoms with van der Waals surface area (Å²) in [6, 6.07) is 6.04. The molecule has 0 spiro atoms. The van der Waals surface area contributed by atoms with E-state index in [1.807, 2.05) is 12.1 Å². The van der Waals surface area contributed by atoms with Crippen LogP contribution in [0.2, 0.25) is 5.02 Å². The lowest BCUT2D eigenvalue weighted by atomic mass is 9.55. The molecule has 5 rings (SSSR count). The number of piperazine rings is 1. The Morgan fingerprint density at radius 3 is 2.75 bits per heavy atom. The zero-order chi connectivity index (χ0) is 22.6. The molecule has 6 atom stereocenters. The largest absolute Gasteiger partial charge is 0.461 e. The Morgan fingerprint density at radius 1 is 1.25 bits per heavy atom. The van der Waals surface area contributed by atoms with E-state index in [9.17, 15) is 9.90 Å². The lowest BCUT2D eigenvalue weighted by molar-refractivity contribution is -0.145. The van der Waals surface area contributed by atoms with Crippen molar-refractivity contribution in [1.29, 1.82) is 0 Å². The van der Waals surface area contributed by atoms with E-state index in [-0.39, 0.29) is 29.3 Å². The highest BCUT2D eigenvalue weighted by Crippen LogP contribution is 2.56. The number of allylic oxidation sites excluding steroid dienone is 1. The minimum Gasteiger partial charge on any atom is -0.461 e. The van der Waals surface area contributed by atoms with E-state index in [0.29, 0.717) is 12.5 Å². The molecule has 4 aliphatic rings. The molecule has 1 aromatic rings. The summed E-state index contributed by atoms with van der Waals surface area (Å²) in [7, 11) is 0. The Morgan fingerprint density at radius 2 is 2.00 bits per heavy atom. The zero-order valence-electron chi connectivity index (χ0n) is 19.4. The predicted octanol–water partition coefficient (Wildman–Crippen LogP) is 4.06. The first-order valence-electron chi connectivity index (χ1n) is 12.1. The summed E-state index contributed by atoms with van der Waals surface area (Å²) >= 11 is 6.23. The monoisotopic (exact) mass is 458 g/mol. The van der Waals surface area contributed by atoms with Crippen molar-refractivity contribution in [3.05, 3.63) is 40.4 Å². The Balaban J connectivity index is 1.28. The quantitative estimate of drug-likeness (QED) is 0.547. The van der Waals surface area contributed by atoms with Crippen LogP contribution in [0.1, 0.15) is 38.7 Å². The van der Waals surface area contributed by atoms with Gasteiger partial charge in [0, 0.05) is 61.2 Å². The van der Waals surface area contributed by atoms with E-state index in [1.54, 1.807) is 0 Å². The van der Waals surface area contributed by atoms with Gasteiger partial charge in [-0.2, -0.15) is 0 Å². The van der Waals surface area contributed by atoms with E-state index < -0.39 is 6.10 Å². The van der Waals surface area contributed by atoms with Crippen molar-refractivity contribution in [1.82, 2.24) is 4.90 Å². The number of aryl methyl sites for hydroxylation is 1. The molecule has 0 amide bonds. The first-order chi connectivity index (χ1) is 15.3. The molecule has 1 N–H and O–H groups in total. The molecule has 2 aliphatic carbocycles. The first-order valence-corrected chi connectivity index (χ1v) is 12.5. The number of aliphatic hydroxyl groups excluding tert-OH is 1. The average molecular weight is 459 g/mol. The van der Waals surface area contributed by atoms with Crippen LogP contribution in [0.5, 0.6) is 0 Å². The van der Waals surface area contributed by atoms with E-state index >= 15 is 0 Å². The molecule has 0 unspecified atom stereocenters. The number of benzene rings is 1. The molecule has 174 valence electrons. The summed E-state index contributed by atoms with van der Waals surface area (Å²) in [5.74, 6) is -0.0673. The van der Waals surface area contributed by atoms with Gasteiger partial charge >= 0.3 is 5.97 Å². The number of nitrogens with zero attached hydrogens (tertiary/aromatic N) is 2. The van der Waals surface area contributed by atoms with Crippen molar-refractivity contribution in [3.8, 4) is 0 Å². The number of hydrogen-bond acceptors (Lipinski definition) is 5. The Hall–Kier alpha value is -1.56. The van der Waals surface area contributed by atoms with E-state index in [2.05, 4.69) is 42.7 Å². The van der Waals surface area contributed by atoms with E-state index in [0.717, 1.165) is 50.5 Å². The van der Waals surface area contributed by atoms with Gasteiger partial charge in [-0.1, -0.05) is 43.2 Å². The molecule has 0 bridgehead atoms. The van der Waals surface area contributed by atoms with Gasteiger partial charge in [-0.15, -0.1) is 0 Å². The highest BCUT2D eigenvalue weighted by atomic mass is 35.5. The maximum absolute atomic E-state index is 12.9. The second kappa shape index (κ2) is 8.34. The molecule has 32 heavy (non-hydrogen) atoms. The van der Waals surface area contributed by atoms with Crippen LogP contribution in [0, 0.1) is 30.1 Å². The Kier molecular flexibility index (Phi) is 5.80. The molecular weight excluding hydrogens is 424 g/mol. The van der Waals surface area contributed by atoms with Crippen LogP contribution >= 0.6 is 11.6 Å². The molecule has 0 aromatic heterocycles. The molecular formula is C26H35ClN2O3. The minimum atomic E-state index is -0.533. The van der Waals surface area contributed by atoms with Crippen molar-refractivity contribution >= 4 is 23.3 Å². The predicted molar refractivity (Wildman–Crippen MR) is 127 cm³/mol. The first kappa shape index (κ1) is 22.2. The SMILES string of the molecule is Cc1ccc(Cl)cc1N1CCN(C[C@@H]2C(=O)O[C@@H]3CC4=CCC[C@@H](C)[C@@]4(C)[C@H](O)[C@H]23)CC1. The standard InChI is InChI=1S/C26H35ClN2O3/c1-16-7-8-19(27)14-21(16)29-11-9-28(10-12-29)15-20-23-22(32-25(20)31)13-18-6-4-5-17(2)26(18,3)24(23)30/h6-8,14,17,20,22-24,30H,4-5,9-13,15H2,1-3H3/t17-,20+,22-,23-,24-,26-/m1/s1. The van der Waals surface area contributed by atoms with Crippen molar-refractivity contribution in [3.63, 3.8) is 0 Å². The highest BCUT2D eigenvalue weighted by Gasteiger charge is 2.59. The van der Waals surface area contributed by atoms with Gasteiger partial charge in [0.25, 0.3) is 0 Å². The topological polar surface area (TPSA) is 53.0 Å². The molecule has 2 aliphatic heterocycles. The summed E-state index contributed by atoms with van der Waals surface area (Å²) in [5, 5.41) is 12.3. The van der Waals surface area contributed by atoms with Crippen molar-refractivity contribution in [2.75, 3.05) is 37.6 Å². The van der Waals surface area contributed by atoms with Crippen LogP contribution in [-0.2, 0) is 9.53 Å². The van der Waals surface area contributed by atoms with Crippen molar-refractivity contribution < 1.29 is 14.6 Å². The molecule has 1 aromatic carbocycles. The van der Waals surface area contributed by atoms with Crippen LogP contribution < -0.4 is 4.90 Å². The third-order valence-corrected chi connectivity index (χ3v) is 9.14. The third kappa shape index (κ3) is 3.57. The van der Waals surface area contributed by atoms with Gasteiger partial charge in [-0.3, -0.25) is 9.69 Å². The Bertz CT molecular complexity index is 926. The van der Waals surface area contributed by atoms with Crippen molar-refractivity contribution in [2.45, 2.75) is 52.2 Å². The smallest absolute Gasteiger partial charge is 0.311 e. The van der Waals surface area contributed by atoms with Gasteiger partial charge in [-0.25, -0.2) is 0 Å². The number of hydrogen-bond donors (Lipinski definition) is 1. The van der Waals surface area contributed by atoms with Gasteiger partial charge in [0.05, 0.1) is 12.0 Å². The number of carbonyl (C=O) groups is 1. The minimum absolute atomic E-state index is 0.113. The summed E-state index contributed by atoms with van der Waals surface area (Å²) < 4.78 is 5.85. The maximum atomic E-state index is 12.9. The van der Waals surface area contributed by atoms with Crippen LogP contribution in [0.3, 0.4) is 0 Å². The molecule has 2 saturated heterocycles. The lowest BCUT2D eigenvalue weighted by Gasteiger charge is -2.52. The summed E-state index contributed by atoms with van der Waals surface area (Å²) in [6.07, 6.45) is 4.52. The van der Waals surface area contributed by atoms with E-state index in [4.69, 9.17) is 16.3 Å². The number of anilines is 1. The van der Waals surface area contributed by atoms with Gasteiger partial charge in [0.1, 0.15) is 6.10 Å². The van der Waals surface area contributed by atoms with Gasteiger partial charge in [0.2, 0.25) is 0 Å². The van der Waals surface area contributed by atoms with Crippen LogP contribution in [0.25, 0.3) is 0 Å². The molecule has 2 heterocycles. The fourth-order valence-electron chi connectivity index (χ4n) is 6.65. The van der Waals surface area contributed by atoms with E-state index in [1.165, 1.54) is 16.8 Å².